The van der Waals surface area contributed by atoms with Gasteiger partial charge in [-0.05, 0) is 26.0 Å². The molecule has 2 rings (SSSR count). The molecule has 6 nitrogen and oxygen atoms in total. The Labute approximate surface area is 107 Å². The Balaban J connectivity index is 2.19. The van der Waals surface area contributed by atoms with Crippen LogP contribution >= 0.6 is 0 Å². The molecule has 1 aliphatic heterocycles. The lowest BCUT2D eigenvalue weighted by atomic mass is 10.5. The molecule has 0 saturated heterocycles. The number of guanidine groups is 2. The maximum Gasteiger partial charge on any atom is 0.208 e. The highest BCUT2D eigenvalue weighted by atomic mass is 15.4. The molecule has 6 heteroatoms. The van der Waals surface area contributed by atoms with Crippen LogP contribution in [0.5, 0.6) is 0 Å². The largest absolute Gasteiger partial charge is 0.349 e. The van der Waals surface area contributed by atoms with E-state index in [1.54, 1.807) is 0 Å². The Morgan fingerprint density at radius 2 is 1.78 bits per heavy atom. The van der Waals surface area contributed by atoms with Crippen LogP contribution in [0.2, 0.25) is 0 Å². The van der Waals surface area contributed by atoms with Gasteiger partial charge in [0.15, 0.2) is 0 Å². The molecule has 1 atom stereocenters. The van der Waals surface area contributed by atoms with Gasteiger partial charge >= 0.3 is 0 Å². The number of aliphatic imine (C=N–C) groups is 2. The third kappa shape index (κ3) is 2.47. The van der Waals surface area contributed by atoms with Crippen molar-refractivity contribution in [2.45, 2.75) is 20.0 Å². The van der Waals surface area contributed by atoms with Crippen molar-refractivity contribution in [1.29, 1.82) is 0 Å². The number of hydrogen-bond acceptors (Lipinski definition) is 5. The second kappa shape index (κ2) is 4.72. The van der Waals surface area contributed by atoms with Crippen LogP contribution in [-0.4, -0.2) is 49.1 Å². The van der Waals surface area contributed by atoms with E-state index in [0.29, 0.717) is 0 Å². The summed E-state index contributed by atoms with van der Waals surface area (Å²) in [4.78, 5) is 16.1. The van der Waals surface area contributed by atoms with Crippen molar-refractivity contribution in [3.05, 3.63) is 17.8 Å². The standard InChI is InChI=1S/C12H20N6/c1-8-6-7-10(13-8)18(5)12-15-9(2)14-11(16-12)17(3)4/h6-7,9,13H,1-5H3,(H,14,15,16). The Morgan fingerprint density at radius 3 is 2.33 bits per heavy atom. The van der Waals surface area contributed by atoms with Crippen molar-refractivity contribution >= 4 is 17.7 Å². The van der Waals surface area contributed by atoms with Crippen molar-refractivity contribution in [1.82, 2.24) is 15.2 Å². The topological polar surface area (TPSA) is 59.0 Å². The van der Waals surface area contributed by atoms with Crippen molar-refractivity contribution in [3.63, 3.8) is 0 Å². The van der Waals surface area contributed by atoms with E-state index in [4.69, 9.17) is 0 Å². The van der Waals surface area contributed by atoms with E-state index in [1.807, 2.05) is 56.9 Å². The van der Waals surface area contributed by atoms with Crippen LogP contribution in [0.15, 0.2) is 22.1 Å². The number of nitrogens with zero attached hydrogens (tertiary/aromatic N) is 4. The van der Waals surface area contributed by atoms with Gasteiger partial charge in [0.25, 0.3) is 0 Å². The Hall–Kier alpha value is -1.98. The number of nitrogens with one attached hydrogen (secondary N) is 2. The normalized spacial score (nSPS) is 18.8. The first-order valence-electron chi connectivity index (χ1n) is 5.96. The molecule has 0 fully saturated rings. The van der Waals surface area contributed by atoms with E-state index >= 15 is 0 Å². The molecule has 0 saturated carbocycles. The van der Waals surface area contributed by atoms with Gasteiger partial charge in [-0.3, -0.25) is 5.32 Å². The molecule has 2 heterocycles. The maximum absolute atomic E-state index is 4.50. The Kier molecular flexibility index (Phi) is 3.27. The van der Waals surface area contributed by atoms with Crippen molar-refractivity contribution in [2.24, 2.45) is 9.98 Å². The first-order valence-corrected chi connectivity index (χ1v) is 5.96. The Morgan fingerprint density at radius 1 is 1.11 bits per heavy atom. The van der Waals surface area contributed by atoms with Crippen LogP contribution in [-0.2, 0) is 0 Å². The van der Waals surface area contributed by atoms with Crippen LogP contribution in [0.3, 0.4) is 0 Å². The molecule has 2 N–H and O–H groups in total. The highest BCUT2D eigenvalue weighted by Gasteiger charge is 2.19. The average molecular weight is 248 g/mol. The minimum atomic E-state index is -0.0721. The highest BCUT2D eigenvalue weighted by molar-refractivity contribution is 6.06. The van der Waals surface area contributed by atoms with Crippen LogP contribution in [0.4, 0.5) is 5.82 Å². The van der Waals surface area contributed by atoms with Gasteiger partial charge in [0, 0.05) is 26.8 Å². The molecule has 0 radical (unpaired) electrons. The second-order valence-corrected chi connectivity index (χ2v) is 4.64. The molecule has 0 aromatic carbocycles. The molecule has 1 aliphatic rings. The summed E-state index contributed by atoms with van der Waals surface area (Å²) >= 11 is 0. The number of hydrogen-bond donors (Lipinski definition) is 2. The molecule has 0 amide bonds. The van der Waals surface area contributed by atoms with E-state index in [-0.39, 0.29) is 6.17 Å². The molecule has 0 spiro atoms. The fraction of sp³-hybridized carbons (Fsp3) is 0.500. The van der Waals surface area contributed by atoms with Gasteiger partial charge in [0.1, 0.15) is 12.0 Å². The smallest absolute Gasteiger partial charge is 0.208 e. The van der Waals surface area contributed by atoms with E-state index in [0.717, 1.165) is 23.4 Å². The molecule has 1 aromatic heterocycles. The maximum atomic E-state index is 4.50. The molecule has 1 aromatic rings. The second-order valence-electron chi connectivity index (χ2n) is 4.64. The molecule has 0 bridgehead atoms. The van der Waals surface area contributed by atoms with Gasteiger partial charge < -0.3 is 14.8 Å². The predicted molar refractivity (Wildman–Crippen MR) is 75.1 cm³/mol. The van der Waals surface area contributed by atoms with Gasteiger partial charge in [-0.2, -0.15) is 0 Å². The number of anilines is 1. The zero-order chi connectivity index (χ0) is 13.3. The summed E-state index contributed by atoms with van der Waals surface area (Å²) in [6.45, 7) is 4.00. The van der Waals surface area contributed by atoms with Gasteiger partial charge in [-0.1, -0.05) is 0 Å². The lowest BCUT2D eigenvalue weighted by Crippen LogP contribution is -2.50. The van der Waals surface area contributed by atoms with Gasteiger partial charge in [-0.15, -0.1) is 0 Å². The number of aryl methyl sites for hydroxylation is 1. The van der Waals surface area contributed by atoms with E-state index in [9.17, 15) is 0 Å². The molecule has 1 unspecified atom stereocenters. The van der Waals surface area contributed by atoms with Crippen molar-refractivity contribution in [2.75, 3.05) is 26.0 Å². The summed E-state index contributed by atoms with van der Waals surface area (Å²) in [5.41, 5.74) is 1.13. The number of rotatable bonds is 1. The lowest BCUT2D eigenvalue weighted by Gasteiger charge is -2.28. The average Bonchev–Trinajstić information content (AvgIpc) is 2.74. The zero-order valence-corrected chi connectivity index (χ0v) is 11.5. The zero-order valence-electron chi connectivity index (χ0n) is 11.5. The minimum absolute atomic E-state index is 0.0721. The number of aromatic nitrogens is 1. The van der Waals surface area contributed by atoms with Gasteiger partial charge in [-0.25, -0.2) is 9.98 Å². The molecule has 98 valence electrons. The van der Waals surface area contributed by atoms with Crippen LogP contribution < -0.4 is 10.2 Å². The first-order chi connectivity index (χ1) is 8.47. The summed E-state index contributed by atoms with van der Waals surface area (Å²) in [6.07, 6.45) is -0.0721. The summed E-state index contributed by atoms with van der Waals surface area (Å²) < 4.78 is 0. The number of H-pyrrole nitrogens is 1. The van der Waals surface area contributed by atoms with Gasteiger partial charge in [0.2, 0.25) is 11.9 Å². The lowest BCUT2D eigenvalue weighted by molar-refractivity contribution is 0.581. The summed E-state index contributed by atoms with van der Waals surface area (Å²) in [5.74, 6) is 2.62. The quantitative estimate of drug-likeness (QED) is 0.779. The highest BCUT2D eigenvalue weighted by Crippen LogP contribution is 2.13. The molecule has 18 heavy (non-hydrogen) atoms. The fourth-order valence-corrected chi connectivity index (χ4v) is 1.74. The summed E-state index contributed by atoms with van der Waals surface area (Å²) in [6, 6.07) is 4.07. The monoisotopic (exact) mass is 248 g/mol. The van der Waals surface area contributed by atoms with Crippen LogP contribution in [0.1, 0.15) is 12.6 Å². The summed E-state index contributed by atoms with van der Waals surface area (Å²) in [7, 11) is 5.89. The van der Waals surface area contributed by atoms with Crippen LogP contribution in [0.25, 0.3) is 0 Å². The predicted octanol–water partition coefficient (Wildman–Crippen LogP) is 0.982. The van der Waals surface area contributed by atoms with Crippen molar-refractivity contribution < 1.29 is 0 Å². The third-order valence-electron chi connectivity index (χ3n) is 2.76. The SMILES string of the molecule is Cc1ccc(N(C)C2=NC(C)N=C(N(C)C)N2)[nH]1. The molecular weight excluding hydrogens is 228 g/mol. The van der Waals surface area contributed by atoms with E-state index < -0.39 is 0 Å². The summed E-state index contributed by atoms with van der Waals surface area (Å²) in [5, 5.41) is 3.22. The molecular formula is C12H20N6. The first kappa shape index (κ1) is 12.5. The van der Waals surface area contributed by atoms with Crippen molar-refractivity contribution in [3.8, 4) is 0 Å². The minimum Gasteiger partial charge on any atom is -0.349 e. The van der Waals surface area contributed by atoms with E-state index in [1.165, 1.54) is 0 Å². The fourth-order valence-electron chi connectivity index (χ4n) is 1.74. The van der Waals surface area contributed by atoms with Crippen LogP contribution in [0, 0.1) is 6.92 Å². The molecule has 0 aliphatic carbocycles. The van der Waals surface area contributed by atoms with E-state index in [2.05, 4.69) is 20.3 Å². The number of aromatic amines is 1. The Bertz CT molecular complexity index is 485. The third-order valence-corrected chi connectivity index (χ3v) is 2.76. The van der Waals surface area contributed by atoms with Gasteiger partial charge in [0.05, 0.1) is 0 Å².